The molecule has 0 atom stereocenters. The summed E-state index contributed by atoms with van der Waals surface area (Å²) in [5.74, 6) is 0.845. The fraction of sp³-hybridized carbons (Fsp3) is 0.176. The highest BCUT2D eigenvalue weighted by molar-refractivity contribution is 7.90. The molecule has 7 nitrogen and oxygen atoms in total. The summed E-state index contributed by atoms with van der Waals surface area (Å²) in [6, 6.07) is 11.9. The van der Waals surface area contributed by atoms with Crippen molar-refractivity contribution < 1.29 is 22.7 Å². The summed E-state index contributed by atoms with van der Waals surface area (Å²) in [6.07, 6.45) is 1.08. The van der Waals surface area contributed by atoms with Gasteiger partial charge < -0.3 is 14.0 Å². The number of hydrogen-bond acceptors (Lipinski definition) is 6. The van der Waals surface area contributed by atoms with Crippen molar-refractivity contribution in [2.75, 3.05) is 13.0 Å². The van der Waals surface area contributed by atoms with Gasteiger partial charge in [-0.25, -0.2) is 13.4 Å². The molecular weight excluding hydrogens is 344 g/mol. The van der Waals surface area contributed by atoms with Crippen LogP contribution in [0.1, 0.15) is 10.4 Å². The van der Waals surface area contributed by atoms with Crippen molar-refractivity contribution in [3.63, 3.8) is 0 Å². The Morgan fingerprint density at radius 3 is 2.72 bits per heavy atom. The van der Waals surface area contributed by atoms with E-state index in [1.807, 2.05) is 0 Å². The van der Waals surface area contributed by atoms with Gasteiger partial charge in [0.1, 0.15) is 0 Å². The van der Waals surface area contributed by atoms with E-state index in [0.29, 0.717) is 28.1 Å². The fourth-order valence-corrected chi connectivity index (χ4v) is 3.62. The van der Waals surface area contributed by atoms with Crippen molar-refractivity contribution in [2.24, 2.45) is 0 Å². The number of benzene rings is 2. The molecule has 0 N–H and O–H groups in total. The smallest absolute Gasteiger partial charge is 0.231 e. The zero-order valence-corrected chi connectivity index (χ0v) is 14.1. The highest BCUT2D eigenvalue weighted by Gasteiger charge is 2.22. The molecule has 1 aliphatic heterocycles. The van der Waals surface area contributed by atoms with Crippen LogP contribution in [-0.2, 0) is 16.4 Å². The molecule has 0 fully saturated rings. The summed E-state index contributed by atoms with van der Waals surface area (Å²) in [6.45, 7) is -0.0140. The molecule has 4 rings (SSSR count). The van der Waals surface area contributed by atoms with E-state index in [1.54, 1.807) is 42.5 Å². The van der Waals surface area contributed by atoms with Gasteiger partial charge in [0.25, 0.3) is 0 Å². The van der Waals surface area contributed by atoms with E-state index in [9.17, 15) is 13.2 Å². The lowest BCUT2D eigenvalue weighted by atomic mass is 10.1. The van der Waals surface area contributed by atoms with Gasteiger partial charge in [-0.05, 0) is 30.3 Å². The maximum atomic E-state index is 12.7. The van der Waals surface area contributed by atoms with Crippen LogP contribution in [0.4, 0.5) is 0 Å². The molecule has 3 aromatic rings. The number of para-hydroxylation sites is 2. The molecule has 0 amide bonds. The van der Waals surface area contributed by atoms with E-state index in [-0.39, 0.29) is 24.3 Å². The number of ketones is 1. The van der Waals surface area contributed by atoms with E-state index in [1.165, 1.54) is 4.57 Å². The lowest BCUT2D eigenvalue weighted by Gasteiger charge is -2.08. The summed E-state index contributed by atoms with van der Waals surface area (Å²) < 4.78 is 36.1. The van der Waals surface area contributed by atoms with Crippen LogP contribution in [0.3, 0.4) is 0 Å². The second kappa shape index (κ2) is 5.59. The number of fused-ring (bicyclic) bond motifs is 2. The highest BCUT2D eigenvalue weighted by atomic mass is 32.2. The molecule has 0 aliphatic carbocycles. The predicted molar refractivity (Wildman–Crippen MR) is 89.7 cm³/mol. The standard InChI is InChI=1S/C17H14N2O5S/c1-25(21,22)17-18-12-4-2-3-5-13(12)19(17)9-14(20)11-6-7-15-16(8-11)24-10-23-15/h2-8H,9-10H2,1H3. The third-order valence-corrected chi connectivity index (χ3v) is 4.92. The van der Waals surface area contributed by atoms with Gasteiger partial charge in [0.15, 0.2) is 17.3 Å². The van der Waals surface area contributed by atoms with E-state index in [4.69, 9.17) is 9.47 Å². The SMILES string of the molecule is CS(=O)(=O)c1nc2ccccc2n1CC(=O)c1ccc2c(c1)OCO2. The lowest BCUT2D eigenvalue weighted by molar-refractivity contribution is 0.0970. The molecule has 0 unspecified atom stereocenters. The molecule has 0 spiro atoms. The molecule has 0 saturated heterocycles. The molecule has 2 heterocycles. The van der Waals surface area contributed by atoms with Crippen LogP contribution in [0.5, 0.6) is 11.5 Å². The lowest BCUT2D eigenvalue weighted by Crippen LogP contribution is -2.15. The summed E-state index contributed by atoms with van der Waals surface area (Å²) in [5.41, 5.74) is 1.54. The van der Waals surface area contributed by atoms with Gasteiger partial charge in [-0.15, -0.1) is 0 Å². The van der Waals surface area contributed by atoms with Gasteiger partial charge in [-0.2, -0.15) is 0 Å². The molecule has 0 bridgehead atoms. The Balaban J connectivity index is 1.76. The van der Waals surface area contributed by atoms with Gasteiger partial charge in [0.05, 0.1) is 17.6 Å². The van der Waals surface area contributed by atoms with Gasteiger partial charge in [0.2, 0.25) is 21.8 Å². The Kier molecular flexibility index (Phi) is 3.50. The molecular formula is C17H14N2O5S. The van der Waals surface area contributed by atoms with Crippen LogP contribution in [-0.4, -0.2) is 36.8 Å². The Hall–Kier alpha value is -2.87. The molecule has 128 valence electrons. The Bertz CT molecular complexity index is 1100. The van der Waals surface area contributed by atoms with Crippen molar-refractivity contribution in [3.05, 3.63) is 48.0 Å². The number of hydrogen-bond donors (Lipinski definition) is 0. The number of carbonyl (C=O) groups is 1. The minimum Gasteiger partial charge on any atom is -0.454 e. The van der Waals surface area contributed by atoms with Crippen molar-refractivity contribution in [1.82, 2.24) is 9.55 Å². The molecule has 8 heteroatoms. The number of Topliss-reactive ketones (excluding diaryl/α,β-unsaturated/α-hetero) is 1. The summed E-state index contributed by atoms with van der Waals surface area (Å²) in [4.78, 5) is 16.9. The van der Waals surface area contributed by atoms with Gasteiger partial charge in [0, 0.05) is 11.8 Å². The number of rotatable bonds is 4. The van der Waals surface area contributed by atoms with E-state index < -0.39 is 9.84 Å². The first-order valence-electron chi connectivity index (χ1n) is 7.52. The summed E-state index contributed by atoms with van der Waals surface area (Å²) >= 11 is 0. The number of imidazole rings is 1. The van der Waals surface area contributed by atoms with Crippen molar-refractivity contribution in [2.45, 2.75) is 11.7 Å². The van der Waals surface area contributed by atoms with Crippen molar-refractivity contribution in [3.8, 4) is 11.5 Å². The molecule has 1 aromatic heterocycles. The maximum Gasteiger partial charge on any atom is 0.231 e. The molecule has 25 heavy (non-hydrogen) atoms. The van der Waals surface area contributed by atoms with Crippen LogP contribution in [0.15, 0.2) is 47.6 Å². The Morgan fingerprint density at radius 2 is 1.92 bits per heavy atom. The molecule has 0 saturated carbocycles. The molecule has 1 aliphatic rings. The Morgan fingerprint density at radius 1 is 1.16 bits per heavy atom. The second-order valence-corrected chi connectivity index (χ2v) is 7.64. The van der Waals surface area contributed by atoms with E-state index in [2.05, 4.69) is 4.98 Å². The van der Waals surface area contributed by atoms with E-state index in [0.717, 1.165) is 6.26 Å². The second-order valence-electron chi connectivity index (χ2n) is 5.73. The van der Waals surface area contributed by atoms with Crippen LogP contribution >= 0.6 is 0 Å². The summed E-state index contributed by atoms with van der Waals surface area (Å²) in [7, 11) is -3.58. The van der Waals surface area contributed by atoms with Crippen molar-refractivity contribution >= 4 is 26.7 Å². The zero-order chi connectivity index (χ0) is 17.6. The highest BCUT2D eigenvalue weighted by Crippen LogP contribution is 2.33. The van der Waals surface area contributed by atoms with Crippen LogP contribution in [0, 0.1) is 0 Å². The van der Waals surface area contributed by atoms with Crippen LogP contribution in [0.2, 0.25) is 0 Å². The number of carbonyl (C=O) groups excluding carboxylic acids is 1. The quantitative estimate of drug-likeness (QED) is 0.664. The average molecular weight is 358 g/mol. The molecule has 0 radical (unpaired) electrons. The average Bonchev–Trinajstić information content (AvgIpc) is 3.18. The Labute approximate surface area is 143 Å². The monoisotopic (exact) mass is 358 g/mol. The van der Waals surface area contributed by atoms with Gasteiger partial charge >= 0.3 is 0 Å². The van der Waals surface area contributed by atoms with E-state index >= 15 is 0 Å². The minimum absolute atomic E-state index is 0.122. The largest absolute Gasteiger partial charge is 0.454 e. The maximum absolute atomic E-state index is 12.7. The van der Waals surface area contributed by atoms with Gasteiger partial charge in [-0.1, -0.05) is 12.1 Å². The topological polar surface area (TPSA) is 87.5 Å². The normalized spacial score (nSPS) is 13.3. The van der Waals surface area contributed by atoms with Crippen molar-refractivity contribution in [1.29, 1.82) is 0 Å². The van der Waals surface area contributed by atoms with Gasteiger partial charge in [-0.3, -0.25) is 4.79 Å². The number of nitrogens with zero attached hydrogens (tertiary/aromatic N) is 2. The van der Waals surface area contributed by atoms with Crippen LogP contribution in [0.25, 0.3) is 11.0 Å². The first-order valence-corrected chi connectivity index (χ1v) is 9.41. The predicted octanol–water partition coefficient (Wildman–Crippen LogP) is 2.05. The third kappa shape index (κ3) is 2.74. The first kappa shape index (κ1) is 15.6. The third-order valence-electron chi connectivity index (χ3n) is 3.95. The number of ether oxygens (including phenoxy) is 2. The minimum atomic E-state index is -3.58. The number of sulfone groups is 1. The van der Waals surface area contributed by atoms with Crippen LogP contribution < -0.4 is 9.47 Å². The molecule has 2 aromatic carbocycles. The number of aromatic nitrogens is 2. The first-order chi connectivity index (χ1) is 11.9. The summed E-state index contributed by atoms with van der Waals surface area (Å²) in [5, 5.41) is -0.122. The zero-order valence-electron chi connectivity index (χ0n) is 13.3. The fourth-order valence-electron chi connectivity index (χ4n) is 2.79.